The summed E-state index contributed by atoms with van der Waals surface area (Å²) in [7, 11) is 0. The number of carbonyl (C=O) groups excluding carboxylic acids is 2. The van der Waals surface area contributed by atoms with Crippen LogP contribution in [-0.4, -0.2) is 18.4 Å². The van der Waals surface area contributed by atoms with E-state index in [-0.39, 0.29) is 17.3 Å². The number of ketones is 1. The standard InChI is InChI=1S/C13H20O3/c1-2-3-8-16-12(15)10-9-13(10)7-5-4-6-11(13)14/h10H,2-9H2,1H3. The van der Waals surface area contributed by atoms with E-state index < -0.39 is 0 Å². The molecule has 90 valence electrons. The smallest absolute Gasteiger partial charge is 0.309 e. The van der Waals surface area contributed by atoms with Gasteiger partial charge in [-0.05, 0) is 25.7 Å². The van der Waals surface area contributed by atoms with Gasteiger partial charge in [0.1, 0.15) is 5.78 Å². The minimum Gasteiger partial charge on any atom is -0.465 e. The lowest BCUT2D eigenvalue weighted by molar-refractivity contribution is -0.148. The van der Waals surface area contributed by atoms with Crippen molar-refractivity contribution in [3.05, 3.63) is 0 Å². The molecule has 3 heteroatoms. The van der Waals surface area contributed by atoms with E-state index in [1.165, 1.54) is 0 Å². The molecule has 0 radical (unpaired) electrons. The maximum Gasteiger partial charge on any atom is 0.309 e. The average Bonchev–Trinajstić information content (AvgIpc) is 2.99. The fourth-order valence-electron chi connectivity index (χ4n) is 2.73. The van der Waals surface area contributed by atoms with Gasteiger partial charge in [0, 0.05) is 11.8 Å². The van der Waals surface area contributed by atoms with Gasteiger partial charge in [-0.1, -0.05) is 19.8 Å². The minimum absolute atomic E-state index is 0.114. The summed E-state index contributed by atoms with van der Waals surface area (Å²) in [5.74, 6) is 0.0528. The fraction of sp³-hybridized carbons (Fsp3) is 0.846. The van der Waals surface area contributed by atoms with Crippen LogP contribution in [-0.2, 0) is 14.3 Å². The van der Waals surface area contributed by atoms with Gasteiger partial charge in [-0.3, -0.25) is 9.59 Å². The van der Waals surface area contributed by atoms with Crippen LogP contribution < -0.4 is 0 Å². The summed E-state index contributed by atoms with van der Waals surface area (Å²) in [6.07, 6.45) is 6.35. The van der Waals surface area contributed by atoms with Gasteiger partial charge in [-0.25, -0.2) is 0 Å². The van der Waals surface area contributed by atoms with Crippen LogP contribution in [0.5, 0.6) is 0 Å². The predicted molar refractivity (Wildman–Crippen MR) is 59.9 cm³/mol. The molecular formula is C13H20O3. The Labute approximate surface area is 96.5 Å². The van der Waals surface area contributed by atoms with Crippen molar-refractivity contribution in [3.63, 3.8) is 0 Å². The molecule has 16 heavy (non-hydrogen) atoms. The van der Waals surface area contributed by atoms with Crippen LogP contribution in [0.25, 0.3) is 0 Å². The van der Waals surface area contributed by atoms with E-state index >= 15 is 0 Å². The predicted octanol–water partition coefficient (Wildman–Crippen LogP) is 2.48. The summed E-state index contributed by atoms with van der Waals surface area (Å²) < 4.78 is 5.19. The van der Waals surface area contributed by atoms with Crippen LogP contribution in [0.2, 0.25) is 0 Å². The van der Waals surface area contributed by atoms with Crippen LogP contribution >= 0.6 is 0 Å². The second-order valence-electron chi connectivity index (χ2n) is 5.06. The molecule has 3 nitrogen and oxygen atoms in total. The lowest BCUT2D eigenvalue weighted by atomic mass is 9.83. The summed E-state index contributed by atoms with van der Waals surface area (Å²) in [6.45, 7) is 2.58. The quantitative estimate of drug-likeness (QED) is 0.544. The third-order valence-electron chi connectivity index (χ3n) is 3.93. The Balaban J connectivity index is 1.84. The van der Waals surface area contributed by atoms with Crippen molar-refractivity contribution in [3.8, 4) is 0 Å². The Hall–Kier alpha value is -0.860. The van der Waals surface area contributed by atoms with Crippen LogP contribution in [0.3, 0.4) is 0 Å². The number of carbonyl (C=O) groups is 2. The molecule has 2 unspecified atom stereocenters. The second kappa shape index (κ2) is 4.56. The first-order valence-electron chi connectivity index (χ1n) is 6.40. The topological polar surface area (TPSA) is 43.4 Å². The van der Waals surface area contributed by atoms with Crippen molar-refractivity contribution in [2.45, 2.75) is 51.9 Å². The van der Waals surface area contributed by atoms with Gasteiger partial charge in [-0.2, -0.15) is 0 Å². The summed E-state index contributed by atoms with van der Waals surface area (Å²) in [5, 5.41) is 0. The van der Waals surface area contributed by atoms with E-state index in [0.717, 1.165) is 38.5 Å². The van der Waals surface area contributed by atoms with Gasteiger partial charge in [0.2, 0.25) is 0 Å². The molecule has 0 bridgehead atoms. The van der Waals surface area contributed by atoms with E-state index in [1.54, 1.807) is 0 Å². The van der Waals surface area contributed by atoms with E-state index in [9.17, 15) is 9.59 Å². The van der Waals surface area contributed by atoms with Gasteiger partial charge in [0.15, 0.2) is 0 Å². The number of esters is 1. The van der Waals surface area contributed by atoms with E-state index in [1.807, 2.05) is 0 Å². The summed E-state index contributed by atoms with van der Waals surface area (Å²) in [4.78, 5) is 23.5. The number of hydrogen-bond donors (Lipinski definition) is 0. The molecule has 0 aromatic heterocycles. The Bertz CT molecular complexity index is 298. The third-order valence-corrected chi connectivity index (χ3v) is 3.93. The van der Waals surface area contributed by atoms with Gasteiger partial charge in [0.25, 0.3) is 0 Å². The van der Waals surface area contributed by atoms with Gasteiger partial charge in [0.05, 0.1) is 12.5 Å². The highest BCUT2D eigenvalue weighted by Gasteiger charge is 2.63. The second-order valence-corrected chi connectivity index (χ2v) is 5.06. The lowest BCUT2D eigenvalue weighted by Gasteiger charge is -2.20. The number of rotatable bonds is 4. The molecule has 0 aromatic carbocycles. The van der Waals surface area contributed by atoms with Crippen LogP contribution in [0.4, 0.5) is 0 Å². The molecule has 2 aliphatic carbocycles. The largest absolute Gasteiger partial charge is 0.465 e. The van der Waals surface area contributed by atoms with Crippen LogP contribution in [0, 0.1) is 11.3 Å². The fourth-order valence-corrected chi connectivity index (χ4v) is 2.73. The zero-order valence-electron chi connectivity index (χ0n) is 9.96. The van der Waals surface area contributed by atoms with Crippen molar-refractivity contribution in [1.29, 1.82) is 0 Å². The Morgan fingerprint density at radius 1 is 1.50 bits per heavy atom. The molecule has 0 N–H and O–H groups in total. The highest BCUT2D eigenvalue weighted by molar-refractivity contribution is 5.95. The van der Waals surface area contributed by atoms with Crippen LogP contribution in [0.1, 0.15) is 51.9 Å². The molecule has 2 aliphatic rings. The van der Waals surface area contributed by atoms with Gasteiger partial charge in [-0.15, -0.1) is 0 Å². The number of hydrogen-bond acceptors (Lipinski definition) is 3. The molecule has 2 saturated carbocycles. The van der Waals surface area contributed by atoms with Crippen LogP contribution in [0.15, 0.2) is 0 Å². The first-order chi connectivity index (χ1) is 7.70. The molecule has 2 rings (SSSR count). The molecular weight excluding hydrogens is 204 g/mol. The minimum atomic E-state index is -0.290. The Morgan fingerprint density at radius 2 is 2.31 bits per heavy atom. The zero-order chi connectivity index (χ0) is 11.6. The molecule has 2 fully saturated rings. The average molecular weight is 224 g/mol. The highest BCUT2D eigenvalue weighted by atomic mass is 16.5. The first-order valence-corrected chi connectivity index (χ1v) is 6.40. The first kappa shape index (κ1) is 11.6. The monoisotopic (exact) mass is 224 g/mol. The molecule has 0 heterocycles. The Kier molecular flexibility index (Phi) is 3.31. The van der Waals surface area contributed by atoms with Crippen molar-refractivity contribution in [1.82, 2.24) is 0 Å². The highest BCUT2D eigenvalue weighted by Crippen LogP contribution is 2.59. The third kappa shape index (κ3) is 2.00. The maximum absolute atomic E-state index is 11.8. The van der Waals surface area contributed by atoms with Gasteiger partial charge < -0.3 is 4.74 Å². The molecule has 0 amide bonds. The Morgan fingerprint density at radius 3 is 3.00 bits per heavy atom. The molecule has 1 spiro atoms. The molecule has 2 atom stereocenters. The van der Waals surface area contributed by atoms with E-state index in [2.05, 4.69) is 6.92 Å². The normalized spacial score (nSPS) is 32.8. The molecule has 0 aromatic rings. The molecule has 0 aliphatic heterocycles. The SMILES string of the molecule is CCCCOC(=O)C1CC12CCCCC2=O. The number of unbranched alkanes of at least 4 members (excludes halogenated alkanes) is 1. The number of Topliss-reactive ketones (excluding diaryl/α,β-unsaturated/α-hetero) is 1. The van der Waals surface area contributed by atoms with Gasteiger partial charge >= 0.3 is 5.97 Å². The van der Waals surface area contributed by atoms with Crippen molar-refractivity contribution in [2.24, 2.45) is 11.3 Å². The van der Waals surface area contributed by atoms with Crippen molar-refractivity contribution in [2.75, 3.05) is 6.61 Å². The van der Waals surface area contributed by atoms with Crippen molar-refractivity contribution >= 4 is 11.8 Å². The number of ether oxygens (including phenoxy) is 1. The summed E-state index contributed by atoms with van der Waals surface area (Å²) >= 11 is 0. The van der Waals surface area contributed by atoms with Crippen molar-refractivity contribution < 1.29 is 14.3 Å². The lowest BCUT2D eigenvalue weighted by Crippen LogP contribution is -2.25. The summed E-state index contributed by atoms with van der Waals surface area (Å²) in [6, 6.07) is 0. The maximum atomic E-state index is 11.8. The van der Waals surface area contributed by atoms with E-state index in [0.29, 0.717) is 18.8 Å². The molecule has 0 saturated heterocycles. The zero-order valence-corrected chi connectivity index (χ0v) is 9.96. The summed E-state index contributed by atoms with van der Waals surface area (Å²) in [5.41, 5.74) is -0.290. The van der Waals surface area contributed by atoms with E-state index in [4.69, 9.17) is 4.74 Å².